The Hall–Kier alpha value is -0.770. The van der Waals surface area contributed by atoms with Crippen molar-refractivity contribution in [1.29, 1.82) is 0 Å². The van der Waals surface area contributed by atoms with Gasteiger partial charge >= 0.3 is 6.09 Å². The number of hydrogen-bond donors (Lipinski definition) is 0. The standard InChI is InChI=1S/C8H17NO3/c1-6-11-9(5)7(10)12-8(2,3)4/h6H2,1-5H3. The van der Waals surface area contributed by atoms with E-state index in [9.17, 15) is 4.79 Å². The summed E-state index contributed by atoms with van der Waals surface area (Å²) in [6, 6.07) is 0. The van der Waals surface area contributed by atoms with E-state index in [1.165, 1.54) is 7.05 Å². The van der Waals surface area contributed by atoms with Crippen LogP contribution in [-0.4, -0.2) is 30.4 Å². The molecule has 0 aliphatic carbocycles. The Morgan fingerprint density at radius 1 is 1.42 bits per heavy atom. The molecule has 0 saturated heterocycles. The number of hydrogen-bond acceptors (Lipinski definition) is 3. The average molecular weight is 175 g/mol. The predicted octanol–water partition coefficient (Wildman–Crippen LogP) is 1.80. The van der Waals surface area contributed by atoms with Gasteiger partial charge in [-0.2, -0.15) is 5.06 Å². The van der Waals surface area contributed by atoms with Crippen LogP contribution >= 0.6 is 0 Å². The molecule has 0 unspecified atom stereocenters. The lowest BCUT2D eigenvalue weighted by Gasteiger charge is -2.23. The second kappa shape index (κ2) is 4.30. The molecule has 0 aliphatic rings. The molecule has 0 N–H and O–H groups in total. The first-order chi connectivity index (χ1) is 5.37. The van der Waals surface area contributed by atoms with Crippen LogP contribution in [0.5, 0.6) is 0 Å². The monoisotopic (exact) mass is 175 g/mol. The van der Waals surface area contributed by atoms with Crippen molar-refractivity contribution in [3.05, 3.63) is 0 Å². The summed E-state index contributed by atoms with van der Waals surface area (Å²) in [6.07, 6.45) is -0.468. The number of carbonyl (C=O) groups is 1. The van der Waals surface area contributed by atoms with Crippen LogP contribution in [0.25, 0.3) is 0 Å². The van der Waals surface area contributed by atoms with E-state index in [4.69, 9.17) is 9.57 Å². The molecule has 0 rings (SSSR count). The van der Waals surface area contributed by atoms with Crippen LogP contribution < -0.4 is 0 Å². The van der Waals surface area contributed by atoms with Crippen molar-refractivity contribution >= 4 is 6.09 Å². The molecule has 12 heavy (non-hydrogen) atoms. The van der Waals surface area contributed by atoms with Crippen LogP contribution in [0.4, 0.5) is 4.79 Å². The number of ether oxygens (including phenoxy) is 1. The molecule has 1 amide bonds. The fraction of sp³-hybridized carbons (Fsp3) is 0.875. The molecule has 4 heteroatoms. The number of rotatable bonds is 2. The van der Waals surface area contributed by atoms with Gasteiger partial charge in [-0.1, -0.05) is 0 Å². The highest BCUT2D eigenvalue weighted by molar-refractivity contribution is 5.66. The van der Waals surface area contributed by atoms with Gasteiger partial charge in [0.15, 0.2) is 0 Å². The van der Waals surface area contributed by atoms with E-state index in [1.54, 1.807) is 6.92 Å². The van der Waals surface area contributed by atoms with Crippen molar-refractivity contribution < 1.29 is 14.4 Å². The molecule has 0 spiro atoms. The summed E-state index contributed by atoms with van der Waals surface area (Å²) in [7, 11) is 1.53. The normalized spacial score (nSPS) is 11.1. The van der Waals surface area contributed by atoms with Crippen LogP contribution in [0.1, 0.15) is 27.7 Å². The van der Waals surface area contributed by atoms with E-state index in [2.05, 4.69) is 0 Å². The molecule has 0 aromatic heterocycles. The zero-order valence-corrected chi connectivity index (χ0v) is 8.38. The van der Waals surface area contributed by atoms with E-state index in [0.717, 1.165) is 5.06 Å². The van der Waals surface area contributed by atoms with E-state index >= 15 is 0 Å². The smallest absolute Gasteiger partial charge is 0.434 e. The van der Waals surface area contributed by atoms with Gasteiger partial charge in [-0.15, -0.1) is 0 Å². The Morgan fingerprint density at radius 2 is 1.92 bits per heavy atom. The lowest BCUT2D eigenvalue weighted by atomic mass is 10.2. The molecule has 0 atom stereocenters. The second-order valence-corrected chi connectivity index (χ2v) is 3.40. The molecular weight excluding hydrogens is 158 g/mol. The molecule has 4 nitrogen and oxygen atoms in total. The van der Waals surface area contributed by atoms with Gasteiger partial charge in [0.05, 0.1) is 6.61 Å². The summed E-state index contributed by atoms with van der Waals surface area (Å²) in [6.45, 7) is 7.69. The molecule has 0 fully saturated rings. The second-order valence-electron chi connectivity index (χ2n) is 3.40. The minimum absolute atomic E-state index is 0.454. The summed E-state index contributed by atoms with van der Waals surface area (Å²) in [5, 5.41) is 1.09. The Morgan fingerprint density at radius 3 is 2.25 bits per heavy atom. The largest absolute Gasteiger partial charge is 0.442 e. The van der Waals surface area contributed by atoms with Crippen LogP contribution in [0.15, 0.2) is 0 Å². The van der Waals surface area contributed by atoms with Crippen LogP contribution in [0, 0.1) is 0 Å². The fourth-order valence-corrected chi connectivity index (χ4v) is 0.573. The number of carbonyl (C=O) groups excluding carboxylic acids is 1. The highest BCUT2D eigenvalue weighted by atomic mass is 16.7. The summed E-state index contributed by atoms with van der Waals surface area (Å²) in [5.41, 5.74) is -0.470. The first-order valence-electron chi connectivity index (χ1n) is 3.96. The Kier molecular flexibility index (Phi) is 4.03. The van der Waals surface area contributed by atoms with Gasteiger partial charge in [0.2, 0.25) is 0 Å². The van der Waals surface area contributed by atoms with Gasteiger partial charge in [0.1, 0.15) is 5.60 Å². The third kappa shape index (κ3) is 4.96. The zero-order chi connectivity index (χ0) is 9.78. The van der Waals surface area contributed by atoms with Crippen molar-refractivity contribution in [3.63, 3.8) is 0 Å². The third-order valence-corrected chi connectivity index (χ3v) is 0.973. The molecule has 0 heterocycles. The van der Waals surface area contributed by atoms with Crippen molar-refractivity contribution in [2.24, 2.45) is 0 Å². The van der Waals surface area contributed by atoms with Crippen molar-refractivity contribution in [1.82, 2.24) is 5.06 Å². The molecule has 0 saturated carbocycles. The summed E-state index contributed by atoms with van der Waals surface area (Å²) in [4.78, 5) is 16.0. The first kappa shape index (κ1) is 11.2. The third-order valence-electron chi connectivity index (χ3n) is 0.973. The summed E-state index contributed by atoms with van der Waals surface area (Å²) >= 11 is 0. The molecular formula is C8H17NO3. The number of nitrogens with zero attached hydrogens (tertiary/aromatic N) is 1. The predicted molar refractivity (Wildman–Crippen MR) is 45.6 cm³/mol. The topological polar surface area (TPSA) is 38.8 Å². The van der Waals surface area contributed by atoms with E-state index in [1.807, 2.05) is 20.8 Å². The molecule has 0 aromatic carbocycles. The maximum Gasteiger partial charge on any atom is 0.434 e. The minimum atomic E-state index is -0.470. The van der Waals surface area contributed by atoms with Gasteiger partial charge in [0.25, 0.3) is 0 Å². The van der Waals surface area contributed by atoms with Crippen molar-refractivity contribution in [2.45, 2.75) is 33.3 Å². The lowest BCUT2D eigenvalue weighted by molar-refractivity contribution is -0.126. The molecule has 0 radical (unpaired) electrons. The Balaban J connectivity index is 3.87. The average Bonchev–Trinajstić information content (AvgIpc) is 1.84. The number of hydroxylamine groups is 2. The molecule has 0 aromatic rings. The first-order valence-corrected chi connectivity index (χ1v) is 3.96. The maximum atomic E-state index is 11.1. The van der Waals surface area contributed by atoms with Gasteiger partial charge in [-0.05, 0) is 27.7 Å². The van der Waals surface area contributed by atoms with Gasteiger partial charge in [-0.3, -0.25) is 4.84 Å². The maximum absolute atomic E-state index is 11.1. The summed E-state index contributed by atoms with van der Waals surface area (Å²) in [5.74, 6) is 0. The highest BCUT2D eigenvalue weighted by Gasteiger charge is 2.19. The minimum Gasteiger partial charge on any atom is -0.442 e. The van der Waals surface area contributed by atoms with E-state index < -0.39 is 11.7 Å². The van der Waals surface area contributed by atoms with E-state index in [0.29, 0.717) is 6.61 Å². The lowest BCUT2D eigenvalue weighted by Crippen LogP contribution is -2.34. The molecule has 0 aliphatic heterocycles. The van der Waals surface area contributed by atoms with Crippen LogP contribution in [0.2, 0.25) is 0 Å². The van der Waals surface area contributed by atoms with Gasteiger partial charge in [0, 0.05) is 7.05 Å². The fourth-order valence-electron chi connectivity index (χ4n) is 0.573. The SMILES string of the molecule is CCON(C)C(=O)OC(C)(C)C. The number of amides is 1. The van der Waals surface area contributed by atoms with Gasteiger partial charge < -0.3 is 4.74 Å². The van der Waals surface area contributed by atoms with E-state index in [-0.39, 0.29) is 0 Å². The quantitative estimate of drug-likeness (QED) is 0.601. The molecule has 72 valence electrons. The summed E-state index contributed by atoms with van der Waals surface area (Å²) < 4.78 is 5.01. The Labute approximate surface area is 73.4 Å². The Bertz CT molecular complexity index is 151. The van der Waals surface area contributed by atoms with Crippen LogP contribution in [0.3, 0.4) is 0 Å². The van der Waals surface area contributed by atoms with Crippen molar-refractivity contribution in [3.8, 4) is 0 Å². The highest BCUT2D eigenvalue weighted by Crippen LogP contribution is 2.08. The zero-order valence-electron chi connectivity index (χ0n) is 8.38. The van der Waals surface area contributed by atoms with Crippen LogP contribution in [-0.2, 0) is 9.57 Å². The van der Waals surface area contributed by atoms with Gasteiger partial charge in [-0.25, -0.2) is 4.79 Å². The molecule has 0 bridgehead atoms. The van der Waals surface area contributed by atoms with Crippen molar-refractivity contribution in [2.75, 3.05) is 13.7 Å².